The van der Waals surface area contributed by atoms with E-state index < -0.39 is 25.0 Å². The zero-order valence-electron chi connectivity index (χ0n) is 14.3. The number of carbonyl (C=O) groups is 1. The number of benzene rings is 2. The Labute approximate surface area is 158 Å². The van der Waals surface area contributed by atoms with Crippen LogP contribution in [0, 0.1) is 13.8 Å². The van der Waals surface area contributed by atoms with Crippen molar-refractivity contribution in [3.05, 3.63) is 57.6 Å². The fraction of sp³-hybridized carbons (Fsp3) is 0.278. The highest BCUT2D eigenvalue weighted by atomic mass is 35.5. The predicted octanol–water partition coefficient (Wildman–Crippen LogP) is 1.97. The number of rotatable bonds is 5. The molecule has 2 aromatic rings. The van der Waals surface area contributed by atoms with E-state index in [2.05, 4.69) is 0 Å². The van der Waals surface area contributed by atoms with Crippen molar-refractivity contribution in [3.8, 4) is 0 Å². The minimum absolute atomic E-state index is 0.566. The molecule has 0 amide bonds. The fourth-order valence-corrected chi connectivity index (χ4v) is 2.64. The Morgan fingerprint density at radius 3 is 1.88 bits per heavy atom. The second kappa shape index (κ2) is 8.24. The zero-order chi connectivity index (χ0) is 18.7. The van der Waals surface area contributed by atoms with Gasteiger partial charge in [0.2, 0.25) is 0 Å². The van der Waals surface area contributed by atoms with Crippen molar-refractivity contribution < 1.29 is 14.6 Å². The van der Waals surface area contributed by atoms with Gasteiger partial charge in [-0.3, -0.25) is 4.79 Å². The average molecular weight is 380 g/mol. The largest absolute Gasteiger partial charge is 0.525 e. The second-order valence-corrected chi connectivity index (χ2v) is 6.91. The van der Waals surface area contributed by atoms with Crippen LogP contribution in [0.2, 0.25) is 10.0 Å². The van der Waals surface area contributed by atoms with Crippen LogP contribution >= 0.6 is 23.2 Å². The van der Waals surface area contributed by atoms with Crippen molar-refractivity contribution in [3.63, 3.8) is 0 Å². The van der Waals surface area contributed by atoms with E-state index in [1.54, 1.807) is 12.1 Å². The molecule has 0 aliphatic heterocycles. The molecule has 0 spiro atoms. The second-order valence-electron chi connectivity index (χ2n) is 6.10. The third-order valence-electron chi connectivity index (χ3n) is 4.02. The summed E-state index contributed by atoms with van der Waals surface area (Å²) in [7, 11) is 0. The van der Waals surface area contributed by atoms with Crippen LogP contribution in [0.4, 0.5) is 0 Å². The quantitative estimate of drug-likeness (QED) is 0.779. The molecule has 0 bridgehead atoms. The molecule has 0 aromatic heterocycles. The molecule has 2 aromatic carbocycles. The maximum Gasteiger partial charge on any atom is 0.429 e. The van der Waals surface area contributed by atoms with Gasteiger partial charge in [-0.15, -0.1) is 0 Å². The lowest BCUT2D eigenvalue weighted by Gasteiger charge is -2.20. The third kappa shape index (κ3) is 4.76. The molecule has 132 valence electrons. The van der Waals surface area contributed by atoms with Crippen molar-refractivity contribution >= 4 is 47.0 Å². The summed E-state index contributed by atoms with van der Waals surface area (Å²) < 4.78 is 5.59. The van der Waals surface area contributed by atoms with E-state index in [4.69, 9.17) is 33.6 Å². The highest BCUT2D eigenvalue weighted by molar-refractivity contribution is 6.81. The van der Waals surface area contributed by atoms with Gasteiger partial charge >= 0.3 is 12.9 Å². The number of carbonyl (C=O) groups excluding carboxylic acids is 1. The lowest BCUT2D eigenvalue weighted by atomic mass is 9.55. The summed E-state index contributed by atoms with van der Waals surface area (Å²) in [5, 5.41) is 10.7. The van der Waals surface area contributed by atoms with E-state index in [-0.39, 0.29) is 0 Å². The highest BCUT2D eigenvalue weighted by Crippen LogP contribution is 2.15. The third-order valence-corrected chi connectivity index (χ3v) is 4.84. The molecule has 0 aliphatic rings. The van der Waals surface area contributed by atoms with Crippen molar-refractivity contribution in [2.24, 2.45) is 5.73 Å². The Morgan fingerprint density at radius 1 is 1.08 bits per heavy atom. The van der Waals surface area contributed by atoms with Crippen LogP contribution in [0.15, 0.2) is 36.4 Å². The minimum Gasteiger partial charge on any atom is -0.525 e. The molecule has 2 rings (SSSR count). The van der Waals surface area contributed by atoms with Gasteiger partial charge in [0, 0.05) is 10.0 Å². The number of hydrogen-bond donors (Lipinski definition) is 2. The van der Waals surface area contributed by atoms with E-state index in [1.165, 1.54) is 6.92 Å². The number of aliphatic hydroxyl groups excluding tert-OH is 1. The number of aryl methyl sites for hydroxylation is 2. The molecule has 7 heteroatoms. The van der Waals surface area contributed by atoms with Gasteiger partial charge in [-0.25, -0.2) is 0 Å². The Kier molecular flexibility index (Phi) is 6.52. The van der Waals surface area contributed by atoms with Crippen LogP contribution in [0.1, 0.15) is 18.1 Å². The predicted molar refractivity (Wildman–Crippen MR) is 103 cm³/mol. The number of hydrogen-bond acceptors (Lipinski definition) is 4. The molecular formula is C18H20BCl2NO3. The van der Waals surface area contributed by atoms with Gasteiger partial charge in [-0.05, 0) is 55.0 Å². The van der Waals surface area contributed by atoms with Gasteiger partial charge in [-0.2, -0.15) is 0 Å². The first kappa shape index (κ1) is 19.8. The first-order valence-corrected chi connectivity index (χ1v) is 8.62. The molecule has 4 nitrogen and oxygen atoms in total. The van der Waals surface area contributed by atoms with E-state index in [9.17, 15) is 9.90 Å². The maximum absolute atomic E-state index is 12.3. The molecule has 0 saturated heterocycles. The molecule has 2 atom stereocenters. The van der Waals surface area contributed by atoms with Gasteiger partial charge in [0.05, 0.1) is 6.10 Å². The van der Waals surface area contributed by atoms with Crippen LogP contribution in [-0.2, 0) is 9.45 Å². The van der Waals surface area contributed by atoms with Crippen molar-refractivity contribution in [1.82, 2.24) is 0 Å². The first-order valence-electron chi connectivity index (χ1n) is 7.87. The molecule has 3 N–H and O–H groups in total. The van der Waals surface area contributed by atoms with E-state index >= 15 is 0 Å². The van der Waals surface area contributed by atoms with Crippen molar-refractivity contribution in [1.29, 1.82) is 0 Å². The van der Waals surface area contributed by atoms with Crippen LogP contribution < -0.4 is 16.7 Å². The standard InChI is InChI=1S/C18H20BCl2NO3/c1-10-4-6-13(8-15(10)20)19(25-18(24)17(22)12(3)23)14-7-5-11(2)16(21)9-14/h4-9,12,17,23H,22H2,1-3H3. The van der Waals surface area contributed by atoms with Gasteiger partial charge in [0.15, 0.2) is 0 Å². The molecule has 25 heavy (non-hydrogen) atoms. The van der Waals surface area contributed by atoms with E-state index in [0.29, 0.717) is 21.0 Å². The molecule has 0 aliphatic carbocycles. The monoisotopic (exact) mass is 379 g/mol. The van der Waals surface area contributed by atoms with Crippen molar-refractivity contribution in [2.75, 3.05) is 0 Å². The summed E-state index contributed by atoms with van der Waals surface area (Å²) >= 11 is 12.4. The molecule has 0 heterocycles. The smallest absolute Gasteiger partial charge is 0.429 e. The fourth-order valence-electron chi connectivity index (χ4n) is 2.26. The Bertz CT molecular complexity index is 731. The summed E-state index contributed by atoms with van der Waals surface area (Å²) in [5.41, 5.74) is 8.92. The highest BCUT2D eigenvalue weighted by Gasteiger charge is 2.30. The Morgan fingerprint density at radius 2 is 1.52 bits per heavy atom. The Hall–Kier alpha value is -1.53. The Balaban J connectivity index is 2.45. The topological polar surface area (TPSA) is 72.5 Å². The van der Waals surface area contributed by atoms with Gasteiger partial charge in [0.1, 0.15) is 6.04 Å². The summed E-state index contributed by atoms with van der Waals surface area (Å²) in [6.45, 7) is 4.48. The zero-order valence-corrected chi connectivity index (χ0v) is 15.8. The van der Waals surface area contributed by atoms with E-state index in [1.807, 2.05) is 38.1 Å². The van der Waals surface area contributed by atoms with Crippen LogP contribution in [0.25, 0.3) is 0 Å². The normalized spacial score (nSPS) is 13.2. The molecular weight excluding hydrogens is 360 g/mol. The molecule has 0 fully saturated rings. The van der Waals surface area contributed by atoms with Crippen LogP contribution in [-0.4, -0.2) is 30.1 Å². The molecule has 0 radical (unpaired) electrons. The maximum atomic E-state index is 12.3. The van der Waals surface area contributed by atoms with Gasteiger partial charge in [0.25, 0.3) is 0 Å². The molecule has 0 saturated carbocycles. The minimum atomic E-state index is -1.13. The van der Waals surface area contributed by atoms with E-state index in [0.717, 1.165) is 11.1 Å². The number of halogens is 2. The van der Waals surface area contributed by atoms with Crippen molar-refractivity contribution in [2.45, 2.75) is 32.9 Å². The average Bonchev–Trinajstić information content (AvgIpc) is 2.57. The SMILES string of the molecule is Cc1ccc(B(OC(=O)C(N)C(C)O)c2ccc(C)c(Cl)c2)cc1Cl. The molecule has 2 unspecified atom stereocenters. The van der Waals surface area contributed by atoms with Gasteiger partial charge in [-0.1, -0.05) is 47.5 Å². The van der Waals surface area contributed by atoms with Crippen LogP contribution in [0.3, 0.4) is 0 Å². The first-order chi connectivity index (χ1) is 11.7. The lowest BCUT2D eigenvalue weighted by molar-refractivity contribution is -0.138. The summed E-state index contributed by atoms with van der Waals surface area (Å²) in [5.74, 6) is -0.701. The number of nitrogens with two attached hydrogens (primary N) is 1. The summed E-state index contributed by atoms with van der Waals surface area (Å²) in [6, 6.07) is 9.73. The van der Waals surface area contributed by atoms with Gasteiger partial charge < -0.3 is 15.5 Å². The number of aliphatic hydroxyl groups is 1. The lowest BCUT2D eigenvalue weighted by Crippen LogP contribution is -2.51. The van der Waals surface area contributed by atoms with Crippen LogP contribution in [0.5, 0.6) is 0 Å². The summed E-state index contributed by atoms with van der Waals surface area (Å²) in [6.07, 6.45) is -1.02. The summed E-state index contributed by atoms with van der Waals surface area (Å²) in [4.78, 5) is 12.3.